The maximum atomic E-state index is 13.8. The van der Waals surface area contributed by atoms with E-state index in [0.29, 0.717) is 24.8 Å². The zero-order valence-electron chi connectivity index (χ0n) is 11.8. The zero-order valence-corrected chi connectivity index (χ0v) is 12.6. The average Bonchev–Trinajstić information content (AvgIpc) is 2.39. The fourth-order valence-electron chi connectivity index (χ4n) is 1.97. The highest BCUT2D eigenvalue weighted by Crippen LogP contribution is 2.25. The van der Waals surface area contributed by atoms with Gasteiger partial charge in [0.2, 0.25) is 0 Å². The maximum absolute atomic E-state index is 13.8. The molecule has 0 aliphatic carbocycles. The van der Waals surface area contributed by atoms with Crippen molar-refractivity contribution in [3.63, 3.8) is 0 Å². The monoisotopic (exact) mass is 300 g/mol. The van der Waals surface area contributed by atoms with Gasteiger partial charge in [-0.1, -0.05) is 6.07 Å². The molecule has 1 aromatic rings. The van der Waals surface area contributed by atoms with Gasteiger partial charge in [-0.15, -0.1) is 0 Å². The van der Waals surface area contributed by atoms with Gasteiger partial charge in [-0.25, -0.2) is 4.39 Å². The summed E-state index contributed by atoms with van der Waals surface area (Å²) in [7, 11) is 1.35. The molecule has 0 N–H and O–H groups in total. The third-order valence-electron chi connectivity index (χ3n) is 3.27. The van der Waals surface area contributed by atoms with E-state index >= 15 is 0 Å². The summed E-state index contributed by atoms with van der Waals surface area (Å²) in [5.74, 6) is -0.728. The van der Waals surface area contributed by atoms with E-state index < -0.39 is 16.5 Å². The quantitative estimate of drug-likeness (QED) is 0.594. The number of benzene rings is 1. The summed E-state index contributed by atoms with van der Waals surface area (Å²) in [4.78, 5) is 22.4. The highest BCUT2D eigenvalue weighted by Gasteiger charge is 2.27. The summed E-state index contributed by atoms with van der Waals surface area (Å²) in [6.07, 6.45) is 1.73. The Kier molecular flexibility index (Phi) is 5.69. The van der Waals surface area contributed by atoms with E-state index in [1.165, 1.54) is 13.2 Å². The van der Waals surface area contributed by atoms with Gasteiger partial charge in [0.15, 0.2) is 0 Å². The lowest BCUT2D eigenvalue weighted by molar-refractivity contribution is -0.151. The molecule has 20 heavy (non-hydrogen) atoms. The van der Waals surface area contributed by atoms with Crippen molar-refractivity contribution in [3.05, 3.63) is 35.1 Å². The van der Waals surface area contributed by atoms with Gasteiger partial charge in [0.05, 0.1) is 12.5 Å². The van der Waals surface area contributed by atoms with Crippen molar-refractivity contribution in [1.82, 2.24) is 0 Å². The van der Waals surface area contributed by atoms with Crippen LogP contribution in [0.5, 0.6) is 0 Å². The van der Waals surface area contributed by atoms with Crippen molar-refractivity contribution in [3.8, 4) is 0 Å². The Balaban J connectivity index is 2.63. The van der Waals surface area contributed by atoms with Gasteiger partial charge >= 0.3 is 5.97 Å². The van der Waals surface area contributed by atoms with Crippen LogP contribution in [0.3, 0.4) is 0 Å². The molecule has 3 nitrogen and oxygen atoms in total. The van der Waals surface area contributed by atoms with Crippen molar-refractivity contribution < 1.29 is 18.7 Å². The van der Waals surface area contributed by atoms with Crippen LogP contribution in [0, 0.1) is 11.2 Å². The Morgan fingerprint density at radius 1 is 1.35 bits per heavy atom. The molecule has 0 atom stereocenters. The van der Waals surface area contributed by atoms with E-state index in [4.69, 9.17) is 16.3 Å². The van der Waals surface area contributed by atoms with Gasteiger partial charge < -0.3 is 4.74 Å². The van der Waals surface area contributed by atoms with Crippen LogP contribution in [0.4, 0.5) is 4.39 Å². The van der Waals surface area contributed by atoms with Crippen LogP contribution in [0.2, 0.25) is 0 Å². The van der Waals surface area contributed by atoms with E-state index in [1.807, 2.05) is 0 Å². The number of ether oxygens (including phenoxy) is 1. The van der Waals surface area contributed by atoms with E-state index in [1.54, 1.807) is 19.9 Å². The molecule has 0 amide bonds. The number of halogens is 2. The lowest BCUT2D eigenvalue weighted by Crippen LogP contribution is -2.25. The predicted molar refractivity (Wildman–Crippen MR) is 75.3 cm³/mol. The molecule has 0 spiro atoms. The molecule has 0 aromatic heterocycles. The van der Waals surface area contributed by atoms with Gasteiger partial charge in [-0.3, -0.25) is 9.59 Å². The largest absolute Gasteiger partial charge is 0.469 e. The van der Waals surface area contributed by atoms with E-state index in [-0.39, 0.29) is 11.5 Å². The summed E-state index contributed by atoms with van der Waals surface area (Å²) >= 11 is 5.29. The highest BCUT2D eigenvalue weighted by atomic mass is 35.5. The normalized spacial score (nSPS) is 11.2. The van der Waals surface area contributed by atoms with Crippen LogP contribution in [0.1, 0.15) is 42.6 Å². The lowest BCUT2D eigenvalue weighted by atomic mass is 9.86. The van der Waals surface area contributed by atoms with Crippen LogP contribution >= 0.6 is 11.6 Å². The van der Waals surface area contributed by atoms with Crippen molar-refractivity contribution in [1.29, 1.82) is 0 Å². The van der Waals surface area contributed by atoms with Crippen molar-refractivity contribution in [2.75, 3.05) is 7.11 Å². The van der Waals surface area contributed by atoms with Gasteiger partial charge in [0.1, 0.15) is 5.82 Å². The first kappa shape index (κ1) is 16.6. The molecule has 0 heterocycles. The second kappa shape index (κ2) is 6.84. The number of rotatable bonds is 6. The summed E-state index contributed by atoms with van der Waals surface area (Å²) in [6.45, 7) is 3.59. The highest BCUT2D eigenvalue weighted by molar-refractivity contribution is 6.67. The molecule has 1 aromatic carbocycles. The molecular formula is C15H18ClFO3. The molecule has 0 bridgehead atoms. The molecule has 5 heteroatoms. The van der Waals surface area contributed by atoms with Crippen LogP contribution in [-0.4, -0.2) is 18.3 Å². The molecule has 110 valence electrons. The van der Waals surface area contributed by atoms with E-state index in [0.717, 1.165) is 6.07 Å². The summed E-state index contributed by atoms with van der Waals surface area (Å²) in [5.41, 5.74) is 0.0622. The molecule has 0 aliphatic heterocycles. The van der Waals surface area contributed by atoms with Crippen LogP contribution in [0.25, 0.3) is 0 Å². The minimum absolute atomic E-state index is 0.141. The lowest BCUT2D eigenvalue weighted by Gasteiger charge is -2.21. The van der Waals surface area contributed by atoms with Crippen molar-refractivity contribution in [2.24, 2.45) is 5.41 Å². The summed E-state index contributed by atoms with van der Waals surface area (Å²) in [6, 6.07) is 4.19. The van der Waals surface area contributed by atoms with Crippen molar-refractivity contribution in [2.45, 2.75) is 33.1 Å². The molecule has 0 saturated carbocycles. The predicted octanol–water partition coefficient (Wildman–Crippen LogP) is 3.73. The second-order valence-electron chi connectivity index (χ2n) is 5.31. The van der Waals surface area contributed by atoms with E-state index in [2.05, 4.69) is 0 Å². The van der Waals surface area contributed by atoms with E-state index in [9.17, 15) is 14.0 Å². The molecule has 0 aliphatic rings. The average molecular weight is 301 g/mol. The Bertz CT molecular complexity index is 512. The number of esters is 1. The minimum atomic E-state index is -0.678. The zero-order chi connectivity index (χ0) is 15.3. The Hall–Kier alpha value is -1.42. The van der Waals surface area contributed by atoms with Crippen LogP contribution in [0.15, 0.2) is 18.2 Å². The third-order valence-corrected chi connectivity index (χ3v) is 3.48. The standard InChI is InChI=1S/C15H18ClFO3/c1-15(2,14(19)20-3)8-4-5-10-6-7-11(13(16)18)9-12(10)17/h6-7,9H,4-5,8H2,1-3H3. The number of carbonyl (C=O) groups is 2. The Morgan fingerprint density at radius 3 is 2.50 bits per heavy atom. The first-order valence-electron chi connectivity index (χ1n) is 6.34. The number of hydrogen-bond acceptors (Lipinski definition) is 3. The molecule has 0 unspecified atom stereocenters. The van der Waals surface area contributed by atoms with Crippen LogP contribution in [-0.2, 0) is 16.0 Å². The fourth-order valence-corrected chi connectivity index (χ4v) is 2.09. The van der Waals surface area contributed by atoms with Gasteiger partial charge in [0.25, 0.3) is 5.24 Å². The van der Waals surface area contributed by atoms with Crippen molar-refractivity contribution >= 4 is 22.8 Å². The summed E-state index contributed by atoms with van der Waals surface area (Å²) in [5, 5.41) is -0.678. The second-order valence-corrected chi connectivity index (χ2v) is 5.65. The van der Waals surface area contributed by atoms with Gasteiger partial charge in [-0.05, 0) is 62.4 Å². The number of aryl methyl sites for hydroxylation is 1. The number of methoxy groups -OCH3 is 1. The molecule has 0 fully saturated rings. The smallest absolute Gasteiger partial charge is 0.311 e. The Labute approximate surface area is 123 Å². The number of hydrogen-bond donors (Lipinski definition) is 0. The summed E-state index contributed by atoms with van der Waals surface area (Å²) < 4.78 is 18.5. The molecule has 0 radical (unpaired) electrons. The minimum Gasteiger partial charge on any atom is -0.469 e. The van der Waals surface area contributed by atoms with Gasteiger partial charge in [0, 0.05) is 5.56 Å². The van der Waals surface area contributed by atoms with Crippen LogP contribution < -0.4 is 0 Å². The fraction of sp³-hybridized carbons (Fsp3) is 0.467. The molecule has 1 rings (SSSR count). The first-order valence-corrected chi connectivity index (χ1v) is 6.72. The molecule has 0 saturated heterocycles. The SMILES string of the molecule is COC(=O)C(C)(C)CCCc1ccc(C(=O)Cl)cc1F. The third kappa shape index (κ3) is 4.30. The topological polar surface area (TPSA) is 43.4 Å². The molecular weight excluding hydrogens is 283 g/mol. The Morgan fingerprint density at radius 2 is 2.00 bits per heavy atom. The number of carbonyl (C=O) groups excluding carboxylic acids is 2. The van der Waals surface area contributed by atoms with Gasteiger partial charge in [-0.2, -0.15) is 0 Å². The maximum Gasteiger partial charge on any atom is 0.311 e. The first-order chi connectivity index (χ1) is 9.27.